The van der Waals surface area contributed by atoms with Crippen LogP contribution in [0.25, 0.3) is 11.1 Å². The molecule has 0 spiro atoms. The summed E-state index contributed by atoms with van der Waals surface area (Å²) < 4.78 is 5.68. The third-order valence-electron chi connectivity index (χ3n) is 6.53. The summed E-state index contributed by atoms with van der Waals surface area (Å²) in [5, 5.41) is 0. The fraction of sp³-hybridized carbons (Fsp3) is 0.533. The van der Waals surface area contributed by atoms with Crippen molar-refractivity contribution < 1.29 is 4.74 Å². The zero-order chi connectivity index (χ0) is 21.7. The van der Waals surface area contributed by atoms with Crippen molar-refractivity contribution in [2.75, 3.05) is 6.61 Å². The van der Waals surface area contributed by atoms with Gasteiger partial charge in [-0.15, -0.1) is 0 Å². The molecule has 0 radical (unpaired) electrons. The van der Waals surface area contributed by atoms with Crippen molar-refractivity contribution >= 4 is 0 Å². The first-order valence-corrected chi connectivity index (χ1v) is 12.6. The van der Waals surface area contributed by atoms with Gasteiger partial charge in [0.1, 0.15) is 5.75 Å². The molecule has 1 aliphatic rings. The lowest BCUT2D eigenvalue weighted by Crippen LogP contribution is -2.13. The number of hydrogen-bond donors (Lipinski definition) is 0. The predicted molar refractivity (Wildman–Crippen MR) is 133 cm³/mol. The fourth-order valence-electron chi connectivity index (χ4n) is 4.53. The first kappa shape index (κ1) is 23.5. The lowest BCUT2D eigenvalue weighted by Gasteiger charge is -2.25. The molecule has 0 unspecified atom stereocenters. The summed E-state index contributed by atoms with van der Waals surface area (Å²) in [6, 6.07) is 17.1. The Morgan fingerprint density at radius 3 is 2.03 bits per heavy atom. The minimum atomic E-state index is 0.590. The summed E-state index contributed by atoms with van der Waals surface area (Å²) in [7, 11) is 0. The monoisotopic (exact) mass is 416 g/mol. The first-order valence-electron chi connectivity index (χ1n) is 12.6. The molecule has 0 amide bonds. The van der Waals surface area contributed by atoms with Crippen molar-refractivity contribution in [1.29, 1.82) is 0 Å². The number of rotatable bonds is 10. The van der Waals surface area contributed by atoms with Crippen LogP contribution in [0.3, 0.4) is 0 Å². The lowest BCUT2D eigenvalue weighted by atomic mass is 9.80. The minimum absolute atomic E-state index is 0.590. The Hall–Kier alpha value is -2.20. The van der Waals surface area contributed by atoms with Crippen molar-refractivity contribution in [3.05, 3.63) is 54.1 Å². The lowest BCUT2D eigenvalue weighted by molar-refractivity contribution is 0.294. The average Bonchev–Trinajstić information content (AvgIpc) is 2.83. The predicted octanol–water partition coefficient (Wildman–Crippen LogP) is 8.66. The highest BCUT2D eigenvalue weighted by Crippen LogP contribution is 2.32. The molecule has 1 aliphatic carbocycles. The van der Waals surface area contributed by atoms with Crippen LogP contribution in [-0.4, -0.2) is 6.61 Å². The van der Waals surface area contributed by atoms with E-state index in [1.807, 2.05) is 0 Å². The minimum Gasteiger partial charge on any atom is -0.494 e. The molecule has 31 heavy (non-hydrogen) atoms. The molecule has 0 bridgehead atoms. The Kier molecular flexibility index (Phi) is 10.0. The maximum atomic E-state index is 5.68. The van der Waals surface area contributed by atoms with Crippen molar-refractivity contribution in [2.45, 2.75) is 84.5 Å². The molecular weight excluding hydrogens is 376 g/mol. The quantitative estimate of drug-likeness (QED) is 0.278. The van der Waals surface area contributed by atoms with Gasteiger partial charge >= 0.3 is 0 Å². The van der Waals surface area contributed by atoms with Gasteiger partial charge in [-0.05, 0) is 73.4 Å². The maximum absolute atomic E-state index is 5.68. The van der Waals surface area contributed by atoms with Crippen LogP contribution in [0.4, 0.5) is 0 Å². The topological polar surface area (TPSA) is 9.23 Å². The van der Waals surface area contributed by atoms with Crippen LogP contribution < -0.4 is 4.74 Å². The maximum Gasteiger partial charge on any atom is 0.119 e. The van der Waals surface area contributed by atoms with E-state index in [2.05, 4.69) is 74.2 Å². The fourth-order valence-corrected chi connectivity index (χ4v) is 4.53. The number of ether oxygens (including phenoxy) is 1. The van der Waals surface area contributed by atoms with Gasteiger partial charge in [0.2, 0.25) is 0 Å². The van der Waals surface area contributed by atoms with E-state index in [0.29, 0.717) is 5.92 Å². The molecule has 0 N–H and O–H groups in total. The van der Waals surface area contributed by atoms with Crippen molar-refractivity contribution in [2.24, 2.45) is 11.8 Å². The summed E-state index contributed by atoms with van der Waals surface area (Å²) in [4.78, 5) is 0. The largest absolute Gasteiger partial charge is 0.494 e. The SMILES string of the molecule is CCCCCCCC1CCC(C#Cc2ccc(-c3ccc(OCCC)cc3)cc2)CC1. The molecular formula is C30H40O. The Labute approximate surface area is 190 Å². The smallest absolute Gasteiger partial charge is 0.119 e. The van der Waals surface area contributed by atoms with Gasteiger partial charge in [0.25, 0.3) is 0 Å². The van der Waals surface area contributed by atoms with Gasteiger partial charge in [0, 0.05) is 11.5 Å². The number of unbranched alkanes of at least 4 members (excludes halogenated alkanes) is 4. The Balaban J connectivity index is 1.44. The second-order valence-corrected chi connectivity index (χ2v) is 9.14. The molecule has 1 fully saturated rings. The number of benzene rings is 2. The first-order chi connectivity index (χ1) is 15.3. The Morgan fingerprint density at radius 2 is 1.39 bits per heavy atom. The van der Waals surface area contributed by atoms with E-state index in [1.54, 1.807) is 0 Å². The van der Waals surface area contributed by atoms with E-state index in [9.17, 15) is 0 Å². The van der Waals surface area contributed by atoms with Gasteiger partial charge in [0.15, 0.2) is 0 Å². The van der Waals surface area contributed by atoms with Crippen molar-refractivity contribution in [3.8, 4) is 28.7 Å². The second-order valence-electron chi connectivity index (χ2n) is 9.14. The van der Waals surface area contributed by atoms with Gasteiger partial charge in [-0.2, -0.15) is 0 Å². The van der Waals surface area contributed by atoms with Gasteiger partial charge in [-0.3, -0.25) is 0 Å². The molecule has 2 aromatic rings. The Bertz CT molecular complexity index is 798. The zero-order valence-corrected chi connectivity index (χ0v) is 19.7. The third-order valence-corrected chi connectivity index (χ3v) is 6.53. The third kappa shape index (κ3) is 8.10. The van der Waals surface area contributed by atoms with Crippen LogP contribution in [0.1, 0.15) is 90.0 Å². The van der Waals surface area contributed by atoms with E-state index in [0.717, 1.165) is 30.3 Å². The molecule has 3 rings (SSSR count). The molecule has 1 saturated carbocycles. The van der Waals surface area contributed by atoms with Crippen LogP contribution in [-0.2, 0) is 0 Å². The zero-order valence-electron chi connectivity index (χ0n) is 19.7. The molecule has 1 heteroatoms. The van der Waals surface area contributed by atoms with Crippen LogP contribution >= 0.6 is 0 Å². The van der Waals surface area contributed by atoms with Crippen LogP contribution in [0, 0.1) is 23.7 Å². The summed E-state index contributed by atoms with van der Waals surface area (Å²) in [6.07, 6.45) is 14.8. The highest BCUT2D eigenvalue weighted by molar-refractivity contribution is 5.65. The van der Waals surface area contributed by atoms with Crippen LogP contribution in [0.2, 0.25) is 0 Å². The van der Waals surface area contributed by atoms with Gasteiger partial charge in [-0.1, -0.05) is 88.5 Å². The molecule has 0 aliphatic heterocycles. The van der Waals surface area contributed by atoms with E-state index in [1.165, 1.54) is 75.3 Å². The molecule has 2 aromatic carbocycles. The molecule has 166 valence electrons. The van der Waals surface area contributed by atoms with E-state index >= 15 is 0 Å². The number of hydrogen-bond acceptors (Lipinski definition) is 1. The normalized spacial score (nSPS) is 18.3. The summed E-state index contributed by atoms with van der Waals surface area (Å²) >= 11 is 0. The molecule has 0 saturated heterocycles. The molecule has 0 atom stereocenters. The van der Waals surface area contributed by atoms with Crippen LogP contribution in [0.15, 0.2) is 48.5 Å². The molecule has 1 nitrogen and oxygen atoms in total. The molecule has 0 aromatic heterocycles. The van der Waals surface area contributed by atoms with Gasteiger partial charge < -0.3 is 4.74 Å². The van der Waals surface area contributed by atoms with Gasteiger partial charge in [-0.25, -0.2) is 0 Å². The van der Waals surface area contributed by atoms with Crippen molar-refractivity contribution in [1.82, 2.24) is 0 Å². The standard InChI is InChI=1S/C30H40O/c1-3-5-6-7-8-9-25-10-12-26(13-11-25)14-15-27-16-18-28(19-17-27)29-20-22-30(23-21-29)31-24-4-2/h16-23,25-26H,3-13,24H2,1-2H3. The highest BCUT2D eigenvalue weighted by Gasteiger charge is 2.19. The van der Waals surface area contributed by atoms with Crippen LogP contribution in [0.5, 0.6) is 5.75 Å². The average molecular weight is 417 g/mol. The second kappa shape index (κ2) is 13.3. The van der Waals surface area contributed by atoms with E-state index in [-0.39, 0.29) is 0 Å². The summed E-state index contributed by atoms with van der Waals surface area (Å²) in [6.45, 7) is 5.19. The summed E-state index contributed by atoms with van der Waals surface area (Å²) in [5.74, 6) is 9.49. The van der Waals surface area contributed by atoms with E-state index < -0.39 is 0 Å². The highest BCUT2D eigenvalue weighted by atomic mass is 16.5. The van der Waals surface area contributed by atoms with Crippen molar-refractivity contribution in [3.63, 3.8) is 0 Å². The van der Waals surface area contributed by atoms with E-state index in [4.69, 9.17) is 4.74 Å². The van der Waals surface area contributed by atoms with Gasteiger partial charge in [0.05, 0.1) is 6.61 Å². The summed E-state index contributed by atoms with van der Waals surface area (Å²) in [5.41, 5.74) is 3.58. The molecule has 0 heterocycles. The Morgan fingerprint density at radius 1 is 0.742 bits per heavy atom.